The molecule has 0 amide bonds. The van der Waals surface area contributed by atoms with Crippen LogP contribution in [-0.2, 0) is 11.3 Å². The van der Waals surface area contributed by atoms with Gasteiger partial charge in [0.2, 0.25) is 0 Å². The van der Waals surface area contributed by atoms with Gasteiger partial charge < -0.3 is 19.2 Å². The number of halogens is 1. The molecular formula is C17H20ClN3O3. The largest absolute Gasteiger partial charge is 0.486 e. The number of aromatic amines is 1. The number of H-pyrrole nitrogens is 1. The summed E-state index contributed by atoms with van der Waals surface area (Å²) in [5.41, 5.74) is 1.09. The number of nitrogens with one attached hydrogen (secondary N) is 1. The topological polar surface area (TPSA) is 59.6 Å². The highest BCUT2D eigenvalue weighted by Crippen LogP contribution is 2.40. The van der Waals surface area contributed by atoms with Crippen LogP contribution >= 0.6 is 11.6 Å². The average Bonchev–Trinajstić information content (AvgIpc) is 3.24. The molecule has 6 nitrogen and oxygen atoms in total. The second kappa shape index (κ2) is 6.63. The molecule has 0 saturated carbocycles. The molecule has 3 heterocycles. The maximum absolute atomic E-state index is 6.36. The molecule has 128 valence electrons. The number of ether oxygens (including phenoxy) is 3. The molecule has 7 heteroatoms. The van der Waals surface area contributed by atoms with Crippen molar-refractivity contribution in [3.8, 4) is 11.5 Å². The second-order valence-corrected chi connectivity index (χ2v) is 6.52. The Hall–Kier alpha value is -1.76. The zero-order valence-corrected chi connectivity index (χ0v) is 14.3. The van der Waals surface area contributed by atoms with Crippen molar-refractivity contribution in [3.05, 3.63) is 40.9 Å². The lowest BCUT2D eigenvalue weighted by molar-refractivity contribution is 0.107. The van der Waals surface area contributed by atoms with Crippen molar-refractivity contribution in [3.63, 3.8) is 0 Å². The Labute approximate surface area is 145 Å². The molecule has 0 radical (unpaired) electrons. The molecule has 4 rings (SSSR count). The Kier molecular flexibility index (Phi) is 4.35. The van der Waals surface area contributed by atoms with E-state index in [2.05, 4.69) is 14.9 Å². The molecule has 2 aliphatic heterocycles. The molecule has 1 N–H and O–H groups in total. The summed E-state index contributed by atoms with van der Waals surface area (Å²) in [5, 5.41) is 0.597. The summed E-state index contributed by atoms with van der Waals surface area (Å²) in [7, 11) is 1.76. The lowest BCUT2D eigenvalue weighted by Crippen LogP contribution is -2.25. The van der Waals surface area contributed by atoms with Gasteiger partial charge in [0.1, 0.15) is 19.0 Å². The normalized spacial score (nSPS) is 23.6. The van der Waals surface area contributed by atoms with Gasteiger partial charge in [-0.3, -0.25) is 4.90 Å². The van der Waals surface area contributed by atoms with Gasteiger partial charge in [-0.2, -0.15) is 0 Å². The van der Waals surface area contributed by atoms with Crippen molar-refractivity contribution >= 4 is 11.6 Å². The molecule has 24 heavy (non-hydrogen) atoms. The zero-order chi connectivity index (χ0) is 16.5. The first kappa shape index (κ1) is 15.7. The average molecular weight is 350 g/mol. The van der Waals surface area contributed by atoms with E-state index in [1.807, 2.05) is 18.3 Å². The summed E-state index contributed by atoms with van der Waals surface area (Å²) in [6.45, 7) is 2.70. The van der Waals surface area contributed by atoms with Crippen molar-refractivity contribution < 1.29 is 14.2 Å². The number of hydrogen-bond donors (Lipinski definition) is 1. The Morgan fingerprint density at radius 2 is 2.25 bits per heavy atom. The fraction of sp³-hybridized carbons (Fsp3) is 0.471. The van der Waals surface area contributed by atoms with Gasteiger partial charge >= 0.3 is 0 Å². The molecule has 1 saturated heterocycles. The smallest absolute Gasteiger partial charge is 0.179 e. The zero-order valence-electron chi connectivity index (χ0n) is 13.5. The monoisotopic (exact) mass is 349 g/mol. The molecule has 1 fully saturated rings. The summed E-state index contributed by atoms with van der Waals surface area (Å²) in [4.78, 5) is 10.0. The molecular weight excluding hydrogens is 330 g/mol. The number of hydrogen-bond acceptors (Lipinski definition) is 5. The van der Waals surface area contributed by atoms with E-state index in [0.717, 1.165) is 36.6 Å². The predicted molar refractivity (Wildman–Crippen MR) is 89.6 cm³/mol. The van der Waals surface area contributed by atoms with Crippen LogP contribution < -0.4 is 9.47 Å². The van der Waals surface area contributed by atoms with Crippen LogP contribution in [0.15, 0.2) is 24.5 Å². The number of aromatic nitrogens is 2. The van der Waals surface area contributed by atoms with E-state index < -0.39 is 0 Å². The van der Waals surface area contributed by atoms with Gasteiger partial charge in [0, 0.05) is 32.6 Å². The molecule has 0 aliphatic carbocycles. The summed E-state index contributed by atoms with van der Waals surface area (Å²) in [6.07, 6.45) is 4.76. The van der Waals surface area contributed by atoms with Gasteiger partial charge in [0.15, 0.2) is 11.5 Å². The fourth-order valence-electron chi connectivity index (χ4n) is 3.44. The molecule has 1 unspecified atom stereocenters. The van der Waals surface area contributed by atoms with Crippen LogP contribution in [0.25, 0.3) is 0 Å². The molecule has 1 aromatic heterocycles. The maximum atomic E-state index is 6.36. The van der Waals surface area contributed by atoms with E-state index in [1.165, 1.54) is 0 Å². The summed E-state index contributed by atoms with van der Waals surface area (Å²) < 4.78 is 16.8. The van der Waals surface area contributed by atoms with E-state index >= 15 is 0 Å². The lowest BCUT2D eigenvalue weighted by Gasteiger charge is -2.24. The van der Waals surface area contributed by atoms with Crippen molar-refractivity contribution in [2.24, 2.45) is 0 Å². The molecule has 1 aromatic carbocycles. The molecule has 2 aromatic rings. The third-order valence-electron chi connectivity index (χ3n) is 4.58. The van der Waals surface area contributed by atoms with E-state index in [-0.39, 0.29) is 12.1 Å². The van der Waals surface area contributed by atoms with Crippen LogP contribution in [0.1, 0.15) is 23.9 Å². The Morgan fingerprint density at radius 1 is 1.38 bits per heavy atom. The third kappa shape index (κ3) is 2.97. The SMILES string of the molecule is CO[C@@H]1CC(c2ncc[nH]2)N(Cc2cc(Cl)c3c(c2)OCCO3)C1. The summed E-state index contributed by atoms with van der Waals surface area (Å²) >= 11 is 6.36. The second-order valence-electron chi connectivity index (χ2n) is 6.11. The summed E-state index contributed by atoms with van der Waals surface area (Å²) in [6, 6.07) is 4.17. The van der Waals surface area contributed by atoms with Crippen LogP contribution in [0.5, 0.6) is 11.5 Å². The highest BCUT2D eigenvalue weighted by molar-refractivity contribution is 6.32. The van der Waals surface area contributed by atoms with Crippen LogP contribution in [0.2, 0.25) is 5.02 Å². The van der Waals surface area contributed by atoms with Gasteiger partial charge in [-0.15, -0.1) is 0 Å². The van der Waals surface area contributed by atoms with E-state index in [4.69, 9.17) is 25.8 Å². The predicted octanol–water partition coefficient (Wildman–Crippen LogP) is 2.80. The Bertz CT molecular complexity index is 707. The summed E-state index contributed by atoms with van der Waals surface area (Å²) in [5.74, 6) is 2.34. The maximum Gasteiger partial charge on any atom is 0.179 e. The highest BCUT2D eigenvalue weighted by Gasteiger charge is 2.35. The van der Waals surface area contributed by atoms with Crippen LogP contribution in [0.3, 0.4) is 0 Å². The van der Waals surface area contributed by atoms with Crippen LogP contribution in [0.4, 0.5) is 0 Å². The first-order valence-electron chi connectivity index (χ1n) is 8.08. The van der Waals surface area contributed by atoms with Crippen molar-refractivity contribution in [1.29, 1.82) is 0 Å². The number of imidazole rings is 1. The molecule has 2 aliphatic rings. The van der Waals surface area contributed by atoms with Gasteiger partial charge in [-0.05, 0) is 24.1 Å². The number of methoxy groups -OCH3 is 1. The molecule has 2 atom stereocenters. The number of benzene rings is 1. The van der Waals surface area contributed by atoms with Crippen molar-refractivity contribution in [2.75, 3.05) is 26.9 Å². The van der Waals surface area contributed by atoms with E-state index in [9.17, 15) is 0 Å². The van der Waals surface area contributed by atoms with Crippen molar-refractivity contribution in [1.82, 2.24) is 14.9 Å². The van der Waals surface area contributed by atoms with E-state index in [0.29, 0.717) is 24.0 Å². The number of nitrogens with zero attached hydrogens (tertiary/aromatic N) is 2. The van der Waals surface area contributed by atoms with E-state index in [1.54, 1.807) is 13.3 Å². The minimum Gasteiger partial charge on any atom is -0.486 e. The number of rotatable bonds is 4. The molecule has 0 spiro atoms. The fourth-order valence-corrected chi connectivity index (χ4v) is 3.73. The Morgan fingerprint density at radius 3 is 3.04 bits per heavy atom. The first-order chi connectivity index (χ1) is 11.7. The Balaban J connectivity index is 1.58. The standard InChI is InChI=1S/C17H20ClN3O3/c1-22-12-8-14(17-19-2-3-20-17)21(10-12)9-11-6-13(18)16-15(7-11)23-4-5-24-16/h2-3,6-7,12,14H,4-5,8-10H2,1H3,(H,19,20)/t12-,14?/m1/s1. The minimum atomic E-state index is 0.202. The lowest BCUT2D eigenvalue weighted by atomic mass is 10.1. The number of fused-ring (bicyclic) bond motifs is 1. The third-order valence-corrected chi connectivity index (χ3v) is 4.86. The molecule has 0 bridgehead atoms. The van der Waals surface area contributed by atoms with Gasteiger partial charge in [-0.1, -0.05) is 11.6 Å². The highest BCUT2D eigenvalue weighted by atomic mass is 35.5. The van der Waals surface area contributed by atoms with Crippen LogP contribution in [-0.4, -0.2) is 47.8 Å². The van der Waals surface area contributed by atoms with Gasteiger partial charge in [-0.25, -0.2) is 4.98 Å². The van der Waals surface area contributed by atoms with Crippen LogP contribution in [0, 0.1) is 0 Å². The van der Waals surface area contributed by atoms with Gasteiger partial charge in [0.05, 0.1) is 17.2 Å². The first-order valence-corrected chi connectivity index (χ1v) is 8.46. The minimum absolute atomic E-state index is 0.202. The number of likely N-dealkylation sites (tertiary alicyclic amines) is 1. The van der Waals surface area contributed by atoms with Gasteiger partial charge in [0.25, 0.3) is 0 Å². The quantitative estimate of drug-likeness (QED) is 0.919. The van der Waals surface area contributed by atoms with Crippen molar-refractivity contribution in [2.45, 2.75) is 25.1 Å².